The first-order valence-corrected chi connectivity index (χ1v) is 9.48. The minimum atomic E-state index is 0.113. The first-order valence-electron chi connectivity index (χ1n) is 6.98. The van der Waals surface area contributed by atoms with E-state index in [9.17, 15) is 0 Å². The summed E-state index contributed by atoms with van der Waals surface area (Å²) in [5.74, 6) is 1.47. The Morgan fingerprint density at radius 2 is 1.76 bits per heavy atom. The van der Waals surface area contributed by atoms with Crippen LogP contribution in [0.25, 0.3) is 0 Å². The van der Waals surface area contributed by atoms with Gasteiger partial charge in [0.15, 0.2) is 6.61 Å². The summed E-state index contributed by atoms with van der Waals surface area (Å²) in [7, 11) is 0. The molecule has 25 heavy (non-hydrogen) atoms. The molecule has 0 saturated heterocycles. The van der Waals surface area contributed by atoms with Crippen LogP contribution in [0.2, 0.25) is 20.1 Å². The molecule has 0 unspecified atom stereocenters. The summed E-state index contributed by atoms with van der Waals surface area (Å²) < 4.78 is 11.1. The molecule has 2 aromatic carbocycles. The number of aromatic nitrogens is 2. The van der Waals surface area contributed by atoms with Gasteiger partial charge in [0.2, 0.25) is 0 Å². The Hall–Kier alpha value is -1.11. The van der Waals surface area contributed by atoms with E-state index in [4.69, 9.17) is 55.6 Å². The first kappa shape index (κ1) is 18.7. The van der Waals surface area contributed by atoms with E-state index in [0.717, 1.165) is 5.56 Å². The maximum absolute atomic E-state index is 6.04. The predicted molar refractivity (Wildman–Crippen MR) is 101 cm³/mol. The number of halogens is 4. The van der Waals surface area contributed by atoms with Gasteiger partial charge in [-0.25, -0.2) is 0 Å². The Morgan fingerprint density at radius 1 is 0.920 bits per heavy atom. The van der Waals surface area contributed by atoms with E-state index in [1.165, 1.54) is 11.8 Å². The number of hydrogen-bond acceptors (Lipinski definition) is 5. The van der Waals surface area contributed by atoms with Gasteiger partial charge < -0.3 is 9.15 Å². The smallest absolute Gasteiger partial charge is 0.277 e. The van der Waals surface area contributed by atoms with Crippen molar-refractivity contribution >= 4 is 58.2 Å². The molecule has 3 rings (SSSR count). The van der Waals surface area contributed by atoms with E-state index in [-0.39, 0.29) is 6.61 Å². The largest absolute Gasteiger partial charge is 0.482 e. The third-order valence-corrected chi connectivity index (χ3v) is 5.20. The molecule has 0 N–H and O–H groups in total. The van der Waals surface area contributed by atoms with Crippen molar-refractivity contribution in [3.05, 3.63) is 67.9 Å². The molecule has 9 heteroatoms. The SMILES string of the molecule is Clc1ccc(OCc2nnc(SCc3ccc(Cl)c(Cl)c3)o2)c(Cl)c1. The summed E-state index contributed by atoms with van der Waals surface area (Å²) in [6.07, 6.45) is 0. The summed E-state index contributed by atoms with van der Waals surface area (Å²) in [5, 5.41) is 10.3. The Balaban J connectivity index is 1.56. The molecule has 0 saturated carbocycles. The predicted octanol–water partition coefficient (Wildman–Crippen LogP) is 6.55. The maximum Gasteiger partial charge on any atom is 0.277 e. The first-order chi connectivity index (χ1) is 12.0. The highest BCUT2D eigenvalue weighted by Gasteiger charge is 2.10. The van der Waals surface area contributed by atoms with Crippen molar-refractivity contribution in [3.63, 3.8) is 0 Å². The molecule has 0 radical (unpaired) electrons. The van der Waals surface area contributed by atoms with Crippen LogP contribution in [0.15, 0.2) is 46.0 Å². The number of benzene rings is 2. The van der Waals surface area contributed by atoms with Gasteiger partial charge in [0.25, 0.3) is 11.1 Å². The van der Waals surface area contributed by atoms with Crippen molar-refractivity contribution in [2.45, 2.75) is 17.6 Å². The molecular formula is C16H10Cl4N2O2S. The van der Waals surface area contributed by atoms with Crippen LogP contribution in [0.5, 0.6) is 5.75 Å². The fourth-order valence-electron chi connectivity index (χ4n) is 1.86. The normalized spacial score (nSPS) is 10.9. The monoisotopic (exact) mass is 434 g/mol. The highest BCUT2D eigenvalue weighted by atomic mass is 35.5. The van der Waals surface area contributed by atoms with Crippen LogP contribution in [-0.4, -0.2) is 10.2 Å². The Kier molecular flexibility index (Phi) is 6.36. The lowest BCUT2D eigenvalue weighted by Gasteiger charge is -2.05. The standard InChI is InChI=1S/C16H10Cl4N2O2S/c17-10-2-4-14(13(20)6-10)23-7-15-21-22-16(24-15)25-8-9-1-3-11(18)12(19)5-9/h1-6H,7-8H2. The van der Waals surface area contributed by atoms with Crippen molar-refractivity contribution in [3.8, 4) is 5.75 Å². The van der Waals surface area contributed by atoms with Gasteiger partial charge in [-0.2, -0.15) is 0 Å². The second-order valence-corrected chi connectivity index (χ2v) is 7.45. The van der Waals surface area contributed by atoms with Crippen LogP contribution in [0, 0.1) is 0 Å². The summed E-state index contributed by atoms with van der Waals surface area (Å²) in [5.41, 5.74) is 1.00. The van der Waals surface area contributed by atoms with E-state index >= 15 is 0 Å². The van der Waals surface area contributed by atoms with Crippen molar-refractivity contribution in [1.82, 2.24) is 10.2 Å². The molecule has 0 aliphatic carbocycles. The lowest BCUT2D eigenvalue weighted by Crippen LogP contribution is -1.96. The molecule has 0 bridgehead atoms. The lowest BCUT2D eigenvalue weighted by molar-refractivity contribution is 0.252. The molecule has 0 aliphatic heterocycles. The zero-order valence-corrected chi connectivity index (χ0v) is 16.3. The Labute approximate surface area is 168 Å². The van der Waals surface area contributed by atoms with Gasteiger partial charge in [0.1, 0.15) is 5.75 Å². The van der Waals surface area contributed by atoms with Crippen molar-refractivity contribution in [2.75, 3.05) is 0 Å². The summed E-state index contributed by atoms with van der Waals surface area (Å²) in [6, 6.07) is 10.4. The van der Waals surface area contributed by atoms with Crippen molar-refractivity contribution in [1.29, 1.82) is 0 Å². The Bertz CT molecular complexity index is 888. The van der Waals surface area contributed by atoms with Gasteiger partial charge in [-0.1, -0.05) is 64.2 Å². The second-order valence-electron chi connectivity index (χ2n) is 4.86. The fraction of sp³-hybridized carbons (Fsp3) is 0.125. The topological polar surface area (TPSA) is 48.2 Å². The van der Waals surface area contributed by atoms with E-state index in [1.807, 2.05) is 6.07 Å². The zero-order chi connectivity index (χ0) is 17.8. The van der Waals surface area contributed by atoms with Crippen LogP contribution in [-0.2, 0) is 12.4 Å². The second kappa shape index (κ2) is 8.52. The molecule has 4 nitrogen and oxygen atoms in total. The van der Waals surface area contributed by atoms with Crippen molar-refractivity contribution in [2.24, 2.45) is 0 Å². The molecule has 3 aromatic rings. The third kappa shape index (κ3) is 5.19. The van der Waals surface area contributed by atoms with E-state index in [2.05, 4.69) is 10.2 Å². The van der Waals surface area contributed by atoms with Gasteiger partial charge in [0, 0.05) is 10.8 Å². The molecule has 130 valence electrons. The third-order valence-electron chi connectivity index (χ3n) is 3.04. The van der Waals surface area contributed by atoms with E-state index in [1.54, 1.807) is 30.3 Å². The van der Waals surface area contributed by atoms with E-state index in [0.29, 0.717) is 42.7 Å². The maximum atomic E-state index is 6.04. The van der Waals surface area contributed by atoms with Gasteiger partial charge >= 0.3 is 0 Å². The van der Waals surface area contributed by atoms with Crippen LogP contribution in [0.4, 0.5) is 0 Å². The number of hydrogen-bond donors (Lipinski definition) is 0. The average molecular weight is 436 g/mol. The minimum absolute atomic E-state index is 0.113. The van der Waals surface area contributed by atoms with Crippen LogP contribution in [0.1, 0.15) is 11.5 Å². The number of rotatable bonds is 6. The van der Waals surface area contributed by atoms with Gasteiger partial charge in [0.05, 0.1) is 15.1 Å². The van der Waals surface area contributed by atoms with Crippen LogP contribution < -0.4 is 4.74 Å². The molecule has 0 fully saturated rings. The molecule has 0 amide bonds. The highest BCUT2D eigenvalue weighted by Crippen LogP contribution is 2.29. The molecule has 0 atom stereocenters. The number of thioether (sulfide) groups is 1. The molecule has 0 aliphatic rings. The van der Waals surface area contributed by atoms with E-state index < -0.39 is 0 Å². The summed E-state index contributed by atoms with van der Waals surface area (Å²) >= 11 is 25.2. The van der Waals surface area contributed by atoms with Crippen LogP contribution in [0.3, 0.4) is 0 Å². The minimum Gasteiger partial charge on any atom is -0.482 e. The molecule has 0 spiro atoms. The van der Waals surface area contributed by atoms with Gasteiger partial charge in [-0.3, -0.25) is 0 Å². The van der Waals surface area contributed by atoms with Gasteiger partial charge in [-0.05, 0) is 35.9 Å². The summed E-state index contributed by atoms with van der Waals surface area (Å²) in [4.78, 5) is 0. The average Bonchev–Trinajstić information content (AvgIpc) is 3.03. The Morgan fingerprint density at radius 3 is 2.52 bits per heavy atom. The highest BCUT2D eigenvalue weighted by molar-refractivity contribution is 7.98. The van der Waals surface area contributed by atoms with Crippen molar-refractivity contribution < 1.29 is 9.15 Å². The molecular weight excluding hydrogens is 426 g/mol. The zero-order valence-electron chi connectivity index (χ0n) is 12.5. The lowest BCUT2D eigenvalue weighted by atomic mass is 10.2. The fourth-order valence-corrected chi connectivity index (χ4v) is 3.37. The summed E-state index contributed by atoms with van der Waals surface area (Å²) in [6.45, 7) is 0.113. The molecule has 1 heterocycles. The number of nitrogens with zero attached hydrogens (tertiary/aromatic N) is 2. The quantitative estimate of drug-likeness (QED) is 0.410. The van der Waals surface area contributed by atoms with Gasteiger partial charge in [-0.15, -0.1) is 10.2 Å². The number of ether oxygens (including phenoxy) is 1. The van der Waals surface area contributed by atoms with Crippen LogP contribution >= 0.6 is 58.2 Å². The molecule has 1 aromatic heterocycles.